The normalized spacial score (nSPS) is 12.5. The molecule has 1 amide bonds. The summed E-state index contributed by atoms with van der Waals surface area (Å²) in [6.07, 6.45) is 1.20. The molecule has 78 valence electrons. The van der Waals surface area contributed by atoms with Crippen molar-refractivity contribution in [2.75, 3.05) is 19.8 Å². The van der Waals surface area contributed by atoms with E-state index in [1.807, 2.05) is 6.92 Å². The second-order valence-corrected chi connectivity index (χ2v) is 2.95. The van der Waals surface area contributed by atoms with E-state index in [-0.39, 0.29) is 18.6 Å². The number of hydrogen-bond acceptors (Lipinski definition) is 3. The number of carbonyl (C=O) groups is 1. The van der Waals surface area contributed by atoms with Crippen LogP contribution >= 0.6 is 0 Å². The molecule has 13 heavy (non-hydrogen) atoms. The fourth-order valence-electron chi connectivity index (χ4n) is 0.872. The summed E-state index contributed by atoms with van der Waals surface area (Å²) in [5, 5.41) is 11.3. The molecule has 0 aromatic heterocycles. The van der Waals surface area contributed by atoms with Crippen LogP contribution in [0.15, 0.2) is 0 Å². The van der Waals surface area contributed by atoms with Gasteiger partial charge in [0.1, 0.15) is 0 Å². The lowest BCUT2D eigenvalue weighted by atomic mass is 10.3. The number of aliphatic hydroxyl groups is 1. The van der Waals surface area contributed by atoms with E-state index in [0.29, 0.717) is 19.6 Å². The molecule has 4 heteroatoms. The predicted molar refractivity (Wildman–Crippen MR) is 50.4 cm³/mol. The summed E-state index contributed by atoms with van der Waals surface area (Å²) < 4.78 is 5.09. The summed E-state index contributed by atoms with van der Waals surface area (Å²) >= 11 is 0. The van der Waals surface area contributed by atoms with Gasteiger partial charge in [0.25, 0.3) is 0 Å². The van der Waals surface area contributed by atoms with Crippen molar-refractivity contribution >= 4 is 5.91 Å². The van der Waals surface area contributed by atoms with Crippen LogP contribution < -0.4 is 5.32 Å². The first kappa shape index (κ1) is 12.4. The molecule has 0 rings (SSSR count). The van der Waals surface area contributed by atoms with Crippen LogP contribution in [0.25, 0.3) is 0 Å². The zero-order valence-corrected chi connectivity index (χ0v) is 8.38. The first-order valence-electron chi connectivity index (χ1n) is 4.68. The Kier molecular flexibility index (Phi) is 7.63. The van der Waals surface area contributed by atoms with E-state index in [1.54, 1.807) is 6.92 Å². The van der Waals surface area contributed by atoms with Gasteiger partial charge >= 0.3 is 0 Å². The highest BCUT2D eigenvalue weighted by Gasteiger charge is 2.04. The Balaban J connectivity index is 3.30. The Bertz CT molecular complexity index is 139. The molecular formula is C9H19NO3. The molecule has 0 saturated heterocycles. The molecule has 4 nitrogen and oxygen atoms in total. The standard InChI is InChI=1S/C9H19NO3/c1-3-13-6-4-5-9(12)10-8(2)7-11/h8,11H,3-7H2,1-2H3,(H,10,12). The Morgan fingerprint density at radius 1 is 1.62 bits per heavy atom. The summed E-state index contributed by atoms with van der Waals surface area (Å²) in [5.41, 5.74) is 0. The maximum absolute atomic E-state index is 11.1. The molecule has 0 bridgehead atoms. The predicted octanol–water partition coefficient (Wildman–Crippen LogP) is 0.300. The first-order valence-corrected chi connectivity index (χ1v) is 4.68. The molecular weight excluding hydrogens is 170 g/mol. The topological polar surface area (TPSA) is 58.6 Å². The second kappa shape index (κ2) is 8.01. The number of rotatable bonds is 7. The lowest BCUT2D eigenvalue weighted by Gasteiger charge is -2.10. The van der Waals surface area contributed by atoms with Crippen molar-refractivity contribution in [1.29, 1.82) is 0 Å². The van der Waals surface area contributed by atoms with Gasteiger partial charge in [-0.2, -0.15) is 0 Å². The molecule has 1 unspecified atom stereocenters. The Morgan fingerprint density at radius 2 is 2.31 bits per heavy atom. The molecule has 0 aliphatic carbocycles. The van der Waals surface area contributed by atoms with Gasteiger partial charge in [0.15, 0.2) is 0 Å². The van der Waals surface area contributed by atoms with Crippen LogP contribution in [0.2, 0.25) is 0 Å². The van der Waals surface area contributed by atoms with Crippen molar-refractivity contribution < 1.29 is 14.6 Å². The molecule has 0 spiro atoms. The fraction of sp³-hybridized carbons (Fsp3) is 0.889. The monoisotopic (exact) mass is 189 g/mol. The molecule has 2 N–H and O–H groups in total. The van der Waals surface area contributed by atoms with Gasteiger partial charge in [-0.25, -0.2) is 0 Å². The van der Waals surface area contributed by atoms with E-state index in [1.165, 1.54) is 0 Å². The van der Waals surface area contributed by atoms with E-state index in [9.17, 15) is 4.79 Å². The minimum Gasteiger partial charge on any atom is -0.394 e. The molecule has 0 saturated carbocycles. The van der Waals surface area contributed by atoms with Crippen molar-refractivity contribution in [2.24, 2.45) is 0 Å². The van der Waals surface area contributed by atoms with Gasteiger partial charge in [0.05, 0.1) is 6.61 Å². The minimum absolute atomic E-state index is 0.0167. The molecule has 1 atom stereocenters. The maximum atomic E-state index is 11.1. The number of hydrogen-bond donors (Lipinski definition) is 2. The lowest BCUT2D eigenvalue weighted by Crippen LogP contribution is -2.34. The molecule has 0 aromatic carbocycles. The highest BCUT2D eigenvalue weighted by atomic mass is 16.5. The zero-order valence-electron chi connectivity index (χ0n) is 8.38. The minimum atomic E-state index is -0.153. The molecule has 0 aromatic rings. The Labute approximate surface area is 79.3 Å². The van der Waals surface area contributed by atoms with Gasteiger partial charge in [-0.3, -0.25) is 4.79 Å². The summed E-state index contributed by atoms with van der Waals surface area (Å²) in [6, 6.07) is -0.153. The van der Waals surface area contributed by atoms with Crippen LogP contribution in [0.5, 0.6) is 0 Å². The third-order valence-corrected chi connectivity index (χ3v) is 1.58. The first-order chi connectivity index (χ1) is 6.20. The van der Waals surface area contributed by atoms with Gasteiger partial charge in [-0.1, -0.05) is 0 Å². The molecule has 0 fully saturated rings. The fourth-order valence-corrected chi connectivity index (χ4v) is 0.872. The largest absolute Gasteiger partial charge is 0.394 e. The number of ether oxygens (including phenoxy) is 1. The zero-order chi connectivity index (χ0) is 10.1. The molecule has 0 heterocycles. The number of amides is 1. The van der Waals surface area contributed by atoms with E-state index in [4.69, 9.17) is 9.84 Å². The molecule has 0 radical (unpaired) electrons. The van der Waals surface area contributed by atoms with E-state index in [2.05, 4.69) is 5.32 Å². The second-order valence-electron chi connectivity index (χ2n) is 2.95. The van der Waals surface area contributed by atoms with Crippen molar-refractivity contribution in [1.82, 2.24) is 5.32 Å². The number of aliphatic hydroxyl groups excluding tert-OH is 1. The van der Waals surface area contributed by atoms with Crippen LogP contribution in [0, 0.1) is 0 Å². The van der Waals surface area contributed by atoms with Crippen LogP contribution in [0.4, 0.5) is 0 Å². The highest BCUT2D eigenvalue weighted by molar-refractivity contribution is 5.76. The maximum Gasteiger partial charge on any atom is 0.220 e. The van der Waals surface area contributed by atoms with Crippen molar-refractivity contribution in [3.05, 3.63) is 0 Å². The van der Waals surface area contributed by atoms with Crippen molar-refractivity contribution in [2.45, 2.75) is 32.7 Å². The molecule has 0 aliphatic rings. The van der Waals surface area contributed by atoms with Gasteiger partial charge in [0.2, 0.25) is 5.91 Å². The van der Waals surface area contributed by atoms with Crippen LogP contribution in [-0.2, 0) is 9.53 Å². The number of nitrogens with one attached hydrogen (secondary N) is 1. The third-order valence-electron chi connectivity index (χ3n) is 1.58. The average Bonchev–Trinajstić information content (AvgIpc) is 2.12. The van der Waals surface area contributed by atoms with E-state index < -0.39 is 0 Å². The third kappa shape index (κ3) is 7.74. The van der Waals surface area contributed by atoms with Crippen LogP contribution in [0.1, 0.15) is 26.7 Å². The molecule has 0 aliphatic heterocycles. The van der Waals surface area contributed by atoms with Gasteiger partial charge < -0.3 is 15.2 Å². The quantitative estimate of drug-likeness (QED) is 0.566. The smallest absolute Gasteiger partial charge is 0.220 e. The number of carbonyl (C=O) groups excluding carboxylic acids is 1. The van der Waals surface area contributed by atoms with Crippen LogP contribution in [0.3, 0.4) is 0 Å². The summed E-state index contributed by atoms with van der Waals surface area (Å²) in [4.78, 5) is 11.1. The Morgan fingerprint density at radius 3 is 2.85 bits per heavy atom. The van der Waals surface area contributed by atoms with Crippen molar-refractivity contribution in [3.63, 3.8) is 0 Å². The van der Waals surface area contributed by atoms with Crippen molar-refractivity contribution in [3.8, 4) is 0 Å². The van der Waals surface area contributed by atoms with E-state index in [0.717, 1.165) is 6.42 Å². The Hall–Kier alpha value is -0.610. The van der Waals surface area contributed by atoms with Gasteiger partial charge in [-0.05, 0) is 20.3 Å². The summed E-state index contributed by atoms with van der Waals surface area (Å²) in [7, 11) is 0. The summed E-state index contributed by atoms with van der Waals surface area (Å²) in [6.45, 7) is 4.98. The van der Waals surface area contributed by atoms with Gasteiger partial charge in [0, 0.05) is 25.7 Å². The highest BCUT2D eigenvalue weighted by Crippen LogP contribution is 1.91. The average molecular weight is 189 g/mol. The SMILES string of the molecule is CCOCCCC(=O)NC(C)CO. The van der Waals surface area contributed by atoms with Crippen LogP contribution in [-0.4, -0.2) is 36.9 Å². The lowest BCUT2D eigenvalue weighted by molar-refractivity contribution is -0.122. The van der Waals surface area contributed by atoms with E-state index >= 15 is 0 Å². The van der Waals surface area contributed by atoms with Gasteiger partial charge in [-0.15, -0.1) is 0 Å². The summed E-state index contributed by atoms with van der Waals surface area (Å²) in [5.74, 6) is -0.0266.